The van der Waals surface area contributed by atoms with Crippen LogP contribution >= 0.6 is 0 Å². The van der Waals surface area contributed by atoms with Crippen molar-refractivity contribution in [3.63, 3.8) is 0 Å². The Morgan fingerprint density at radius 3 is 2.76 bits per heavy atom. The first-order chi connectivity index (χ1) is 8.08. The second-order valence-corrected chi connectivity index (χ2v) is 5.02. The average Bonchev–Trinajstić information content (AvgIpc) is 2.99. The molecule has 3 atom stereocenters. The molecule has 1 fully saturated rings. The summed E-state index contributed by atoms with van der Waals surface area (Å²) in [4.78, 5) is 11.7. The van der Waals surface area contributed by atoms with Crippen LogP contribution in [0.15, 0.2) is 24.3 Å². The number of benzene rings is 1. The van der Waals surface area contributed by atoms with Gasteiger partial charge in [0.2, 0.25) is 5.91 Å². The van der Waals surface area contributed by atoms with Crippen molar-refractivity contribution in [2.75, 3.05) is 0 Å². The Balaban J connectivity index is 1.87. The molecule has 0 aliphatic heterocycles. The maximum absolute atomic E-state index is 13.4. The number of hydrogen-bond donors (Lipinski definition) is 1. The van der Waals surface area contributed by atoms with Gasteiger partial charge in [-0.05, 0) is 37.3 Å². The number of carbonyl (C=O) groups excluding carboxylic acids is 1. The SMILES string of the molecule is C[C@H](Cc1ccccc1F)NC(=O)[C@@H]1C[C@@H]1C. The molecular formula is C14H18FNO. The van der Waals surface area contributed by atoms with Gasteiger partial charge < -0.3 is 5.32 Å². The Kier molecular flexibility index (Phi) is 3.46. The van der Waals surface area contributed by atoms with Gasteiger partial charge in [0.05, 0.1) is 0 Å². The molecule has 1 aromatic carbocycles. The van der Waals surface area contributed by atoms with Crippen LogP contribution in [0.5, 0.6) is 0 Å². The van der Waals surface area contributed by atoms with E-state index in [1.807, 2.05) is 13.0 Å². The van der Waals surface area contributed by atoms with Crippen molar-refractivity contribution in [1.82, 2.24) is 5.32 Å². The molecule has 0 radical (unpaired) electrons. The molecule has 3 heteroatoms. The zero-order valence-corrected chi connectivity index (χ0v) is 10.2. The first-order valence-corrected chi connectivity index (χ1v) is 6.11. The molecule has 1 aromatic rings. The molecule has 1 aliphatic rings. The second-order valence-electron chi connectivity index (χ2n) is 5.02. The van der Waals surface area contributed by atoms with Crippen LogP contribution in [0.3, 0.4) is 0 Å². The minimum absolute atomic E-state index is 0.0211. The lowest BCUT2D eigenvalue weighted by Gasteiger charge is -2.14. The molecule has 0 aromatic heterocycles. The molecule has 92 valence electrons. The van der Waals surface area contributed by atoms with Gasteiger partial charge in [0.25, 0.3) is 0 Å². The van der Waals surface area contributed by atoms with E-state index in [1.165, 1.54) is 6.07 Å². The topological polar surface area (TPSA) is 29.1 Å². The van der Waals surface area contributed by atoms with Gasteiger partial charge in [-0.15, -0.1) is 0 Å². The maximum atomic E-state index is 13.4. The van der Waals surface area contributed by atoms with Gasteiger partial charge >= 0.3 is 0 Å². The molecule has 1 saturated carbocycles. The molecule has 1 aliphatic carbocycles. The van der Waals surface area contributed by atoms with Gasteiger partial charge in [-0.25, -0.2) is 4.39 Å². The lowest BCUT2D eigenvalue weighted by molar-refractivity contribution is -0.123. The van der Waals surface area contributed by atoms with Crippen LogP contribution in [0.25, 0.3) is 0 Å². The van der Waals surface area contributed by atoms with Crippen LogP contribution < -0.4 is 5.32 Å². The largest absolute Gasteiger partial charge is 0.353 e. The van der Waals surface area contributed by atoms with Gasteiger partial charge in [-0.1, -0.05) is 25.1 Å². The highest BCUT2D eigenvalue weighted by atomic mass is 19.1. The molecule has 2 nitrogen and oxygen atoms in total. The monoisotopic (exact) mass is 235 g/mol. The molecule has 0 spiro atoms. The molecule has 1 amide bonds. The highest BCUT2D eigenvalue weighted by molar-refractivity contribution is 5.81. The van der Waals surface area contributed by atoms with E-state index in [0.717, 1.165) is 6.42 Å². The normalized spacial score (nSPS) is 24.2. The van der Waals surface area contributed by atoms with Gasteiger partial charge in [0, 0.05) is 12.0 Å². The summed E-state index contributed by atoms with van der Waals surface area (Å²) < 4.78 is 13.4. The molecule has 0 unspecified atom stereocenters. The van der Waals surface area contributed by atoms with E-state index in [0.29, 0.717) is 17.9 Å². The van der Waals surface area contributed by atoms with Gasteiger partial charge in [-0.3, -0.25) is 4.79 Å². The van der Waals surface area contributed by atoms with Crippen molar-refractivity contribution in [2.24, 2.45) is 11.8 Å². The Labute approximate surface area is 101 Å². The predicted octanol–water partition coefficient (Wildman–Crippen LogP) is 2.53. The average molecular weight is 235 g/mol. The Morgan fingerprint density at radius 2 is 2.18 bits per heavy atom. The number of halogens is 1. The Bertz CT molecular complexity index is 418. The number of amides is 1. The summed E-state index contributed by atoms with van der Waals surface area (Å²) in [7, 11) is 0. The van der Waals surface area contributed by atoms with Crippen LogP contribution in [-0.2, 0) is 11.2 Å². The highest BCUT2D eigenvalue weighted by Crippen LogP contribution is 2.37. The first-order valence-electron chi connectivity index (χ1n) is 6.11. The molecule has 1 N–H and O–H groups in total. The van der Waals surface area contributed by atoms with E-state index in [4.69, 9.17) is 0 Å². The van der Waals surface area contributed by atoms with Crippen LogP contribution in [-0.4, -0.2) is 11.9 Å². The van der Waals surface area contributed by atoms with E-state index in [-0.39, 0.29) is 23.7 Å². The highest BCUT2D eigenvalue weighted by Gasteiger charge is 2.39. The third-order valence-electron chi connectivity index (χ3n) is 3.32. The van der Waals surface area contributed by atoms with Gasteiger partial charge in [0.1, 0.15) is 5.82 Å². The van der Waals surface area contributed by atoms with Crippen molar-refractivity contribution in [3.8, 4) is 0 Å². The van der Waals surface area contributed by atoms with Crippen LogP contribution in [0.1, 0.15) is 25.8 Å². The van der Waals surface area contributed by atoms with Crippen molar-refractivity contribution in [3.05, 3.63) is 35.6 Å². The van der Waals surface area contributed by atoms with E-state index < -0.39 is 0 Å². The lowest BCUT2D eigenvalue weighted by atomic mass is 10.1. The maximum Gasteiger partial charge on any atom is 0.223 e. The van der Waals surface area contributed by atoms with Crippen molar-refractivity contribution in [2.45, 2.75) is 32.7 Å². The fraction of sp³-hybridized carbons (Fsp3) is 0.500. The number of carbonyl (C=O) groups is 1. The van der Waals surface area contributed by atoms with Gasteiger partial charge in [0.15, 0.2) is 0 Å². The van der Waals surface area contributed by atoms with Crippen molar-refractivity contribution < 1.29 is 9.18 Å². The lowest BCUT2D eigenvalue weighted by Crippen LogP contribution is -2.35. The minimum atomic E-state index is -0.201. The van der Waals surface area contributed by atoms with Crippen molar-refractivity contribution >= 4 is 5.91 Å². The minimum Gasteiger partial charge on any atom is -0.353 e. The summed E-state index contributed by atoms with van der Waals surface area (Å²) in [5.74, 6) is 0.600. The summed E-state index contributed by atoms with van der Waals surface area (Å²) in [6, 6.07) is 6.68. The van der Waals surface area contributed by atoms with E-state index >= 15 is 0 Å². The van der Waals surface area contributed by atoms with E-state index in [2.05, 4.69) is 12.2 Å². The second kappa shape index (κ2) is 4.86. The molecule has 0 heterocycles. The zero-order chi connectivity index (χ0) is 12.4. The molecule has 2 rings (SSSR count). The third kappa shape index (κ3) is 3.05. The number of hydrogen-bond acceptors (Lipinski definition) is 1. The van der Waals surface area contributed by atoms with E-state index in [1.54, 1.807) is 12.1 Å². The predicted molar refractivity (Wildman–Crippen MR) is 65.0 cm³/mol. The summed E-state index contributed by atoms with van der Waals surface area (Å²) in [6.07, 6.45) is 1.53. The summed E-state index contributed by atoms with van der Waals surface area (Å²) in [6.45, 7) is 3.99. The fourth-order valence-electron chi connectivity index (χ4n) is 2.08. The third-order valence-corrected chi connectivity index (χ3v) is 3.32. The van der Waals surface area contributed by atoms with E-state index in [9.17, 15) is 9.18 Å². The van der Waals surface area contributed by atoms with Crippen molar-refractivity contribution in [1.29, 1.82) is 0 Å². The zero-order valence-electron chi connectivity index (χ0n) is 10.2. The van der Waals surface area contributed by atoms with Gasteiger partial charge in [-0.2, -0.15) is 0 Å². The van der Waals surface area contributed by atoms with Crippen LogP contribution in [0, 0.1) is 17.7 Å². The standard InChI is InChI=1S/C14H18FNO/c1-9-7-12(9)14(17)16-10(2)8-11-5-3-4-6-13(11)15/h3-6,9-10,12H,7-8H2,1-2H3,(H,16,17)/t9-,10+,12+/m0/s1. The Hall–Kier alpha value is -1.38. The quantitative estimate of drug-likeness (QED) is 0.853. The van der Waals surface area contributed by atoms with Crippen LogP contribution in [0.2, 0.25) is 0 Å². The summed E-state index contributed by atoms with van der Waals surface area (Å²) in [5, 5.41) is 2.94. The number of nitrogens with one attached hydrogen (secondary N) is 1. The fourth-order valence-corrected chi connectivity index (χ4v) is 2.08. The molecule has 17 heavy (non-hydrogen) atoms. The molecule has 0 saturated heterocycles. The Morgan fingerprint density at radius 1 is 1.53 bits per heavy atom. The number of rotatable bonds is 4. The summed E-state index contributed by atoms with van der Waals surface area (Å²) >= 11 is 0. The van der Waals surface area contributed by atoms with Crippen LogP contribution in [0.4, 0.5) is 4.39 Å². The summed E-state index contributed by atoms with van der Waals surface area (Å²) in [5.41, 5.74) is 0.657. The first kappa shape index (κ1) is 12.1. The smallest absolute Gasteiger partial charge is 0.223 e. The molecule has 0 bridgehead atoms. The molecular weight excluding hydrogens is 217 g/mol.